The molecular weight excluding hydrogens is 172 g/mol. The average molecular weight is 184 g/mol. The summed E-state index contributed by atoms with van der Waals surface area (Å²) in [4.78, 5) is 1.60. The molecule has 0 aromatic carbocycles. The van der Waals surface area contributed by atoms with Gasteiger partial charge in [0.15, 0.2) is 0 Å². The van der Waals surface area contributed by atoms with Gasteiger partial charge in [-0.15, -0.1) is 0 Å². The lowest BCUT2D eigenvalue weighted by Gasteiger charge is -2.08. The summed E-state index contributed by atoms with van der Waals surface area (Å²) >= 11 is 0. The Morgan fingerprint density at radius 2 is 2.31 bits per heavy atom. The summed E-state index contributed by atoms with van der Waals surface area (Å²) in [7, 11) is 0. The average Bonchev–Trinajstić information content (AvgIpc) is 2.76. The van der Waals surface area contributed by atoms with Gasteiger partial charge >= 0.3 is 0 Å². The van der Waals surface area contributed by atoms with E-state index in [0.29, 0.717) is 13.2 Å². The molecule has 1 aliphatic rings. The highest BCUT2D eigenvalue weighted by atomic mass is 16.5. The lowest BCUT2D eigenvalue weighted by molar-refractivity contribution is 0.0489. The number of nitrogens with one attached hydrogen (secondary N) is 1. The van der Waals surface area contributed by atoms with E-state index in [9.17, 15) is 0 Å². The van der Waals surface area contributed by atoms with Crippen LogP contribution < -0.4 is 5.32 Å². The molecule has 2 atom stereocenters. The Balaban J connectivity index is 1.84. The molecule has 0 bridgehead atoms. The fourth-order valence-electron chi connectivity index (χ4n) is 1.34. The quantitative estimate of drug-likeness (QED) is 0.603. The highest BCUT2D eigenvalue weighted by molar-refractivity contribution is 4.75. The van der Waals surface area contributed by atoms with Gasteiger partial charge in [0, 0.05) is 0 Å². The molecule has 1 aromatic heterocycles. The molecule has 1 fully saturated rings. The Morgan fingerprint density at radius 3 is 2.92 bits per heavy atom. The first kappa shape index (κ1) is 8.61. The maximum atomic E-state index is 8.78. The van der Waals surface area contributed by atoms with Gasteiger partial charge in [-0.05, 0) is 0 Å². The summed E-state index contributed by atoms with van der Waals surface area (Å²) in [6.07, 6.45) is 3.04. The van der Waals surface area contributed by atoms with Crippen molar-refractivity contribution in [3.05, 3.63) is 12.4 Å². The number of aromatic nitrogens is 3. The van der Waals surface area contributed by atoms with Gasteiger partial charge in [-0.3, -0.25) is 5.32 Å². The largest absolute Gasteiger partial charge is 0.392 e. The van der Waals surface area contributed by atoms with E-state index in [1.807, 2.05) is 0 Å². The predicted molar refractivity (Wildman–Crippen MR) is 43.8 cm³/mol. The highest BCUT2D eigenvalue weighted by Gasteiger charge is 2.23. The van der Waals surface area contributed by atoms with E-state index in [-0.39, 0.29) is 18.9 Å². The number of nitrogens with zero attached hydrogens (tertiary/aromatic N) is 3. The van der Waals surface area contributed by atoms with Crippen LogP contribution in [0, 0.1) is 0 Å². The topological polar surface area (TPSA) is 72.2 Å². The van der Waals surface area contributed by atoms with Gasteiger partial charge in [-0.1, -0.05) is 0 Å². The van der Waals surface area contributed by atoms with Crippen LogP contribution in [-0.2, 0) is 11.3 Å². The van der Waals surface area contributed by atoms with Gasteiger partial charge in [0.05, 0.1) is 38.2 Å². The zero-order valence-electron chi connectivity index (χ0n) is 7.13. The molecule has 0 spiro atoms. The van der Waals surface area contributed by atoms with Crippen molar-refractivity contribution < 1.29 is 9.84 Å². The van der Waals surface area contributed by atoms with Crippen LogP contribution in [-0.4, -0.2) is 45.6 Å². The Hall–Kier alpha value is -0.980. The van der Waals surface area contributed by atoms with E-state index in [4.69, 9.17) is 9.84 Å². The second kappa shape index (κ2) is 3.82. The van der Waals surface area contributed by atoms with Crippen LogP contribution in [0.15, 0.2) is 12.4 Å². The van der Waals surface area contributed by atoms with Crippen LogP contribution in [0.1, 0.15) is 0 Å². The predicted octanol–water partition coefficient (Wildman–Crippen LogP) is -1.42. The van der Waals surface area contributed by atoms with Crippen molar-refractivity contribution in [3.8, 4) is 0 Å². The summed E-state index contributed by atoms with van der Waals surface area (Å²) in [5.41, 5.74) is 0. The van der Waals surface area contributed by atoms with Crippen LogP contribution >= 0.6 is 0 Å². The maximum absolute atomic E-state index is 8.78. The number of ether oxygens (including phenoxy) is 1. The first-order chi connectivity index (χ1) is 6.38. The van der Waals surface area contributed by atoms with Crippen molar-refractivity contribution >= 4 is 0 Å². The van der Waals surface area contributed by atoms with Crippen molar-refractivity contribution in [1.29, 1.82) is 0 Å². The van der Waals surface area contributed by atoms with Crippen LogP contribution in [0.25, 0.3) is 0 Å². The number of rotatable bonds is 3. The molecule has 0 saturated carbocycles. The molecule has 0 amide bonds. The Kier molecular flexibility index (Phi) is 2.53. The SMILES string of the molecule is OCC1NC(Cn2nccn2)CO1. The van der Waals surface area contributed by atoms with Crippen molar-refractivity contribution in [2.24, 2.45) is 0 Å². The minimum atomic E-state index is -0.236. The van der Waals surface area contributed by atoms with Gasteiger partial charge in [-0.2, -0.15) is 15.0 Å². The molecule has 1 saturated heterocycles. The van der Waals surface area contributed by atoms with E-state index in [2.05, 4.69) is 15.5 Å². The van der Waals surface area contributed by atoms with Gasteiger partial charge in [0.25, 0.3) is 0 Å². The van der Waals surface area contributed by atoms with E-state index in [1.54, 1.807) is 17.2 Å². The highest BCUT2D eigenvalue weighted by Crippen LogP contribution is 2.03. The zero-order valence-corrected chi connectivity index (χ0v) is 7.13. The van der Waals surface area contributed by atoms with Crippen LogP contribution in [0.4, 0.5) is 0 Å². The van der Waals surface area contributed by atoms with E-state index in [0.717, 1.165) is 0 Å². The fraction of sp³-hybridized carbons (Fsp3) is 0.714. The lowest BCUT2D eigenvalue weighted by Crippen LogP contribution is -2.36. The summed E-state index contributed by atoms with van der Waals surface area (Å²) in [6, 6.07) is 0.185. The summed E-state index contributed by atoms with van der Waals surface area (Å²) < 4.78 is 5.23. The minimum absolute atomic E-state index is 0.00301. The van der Waals surface area contributed by atoms with Crippen LogP contribution in [0.3, 0.4) is 0 Å². The third kappa shape index (κ3) is 2.03. The van der Waals surface area contributed by atoms with E-state index >= 15 is 0 Å². The molecule has 0 aliphatic carbocycles. The Bertz CT molecular complexity index is 251. The molecule has 1 aromatic rings. The summed E-state index contributed by atoms with van der Waals surface area (Å²) in [5.74, 6) is 0. The zero-order chi connectivity index (χ0) is 9.10. The maximum Gasteiger partial charge on any atom is 0.131 e. The number of aliphatic hydroxyl groups excluding tert-OH is 1. The molecule has 72 valence electrons. The standard InChI is InChI=1S/C7H12N4O2/c12-4-7-10-6(5-13-7)3-11-8-1-2-9-11/h1-2,6-7,10,12H,3-5H2. The van der Waals surface area contributed by atoms with Crippen molar-refractivity contribution in [1.82, 2.24) is 20.3 Å². The van der Waals surface area contributed by atoms with Gasteiger partial charge in [0.2, 0.25) is 0 Å². The second-order valence-corrected chi connectivity index (χ2v) is 2.95. The minimum Gasteiger partial charge on any atom is -0.392 e. The fourth-order valence-corrected chi connectivity index (χ4v) is 1.34. The Morgan fingerprint density at radius 1 is 1.54 bits per heavy atom. The third-order valence-corrected chi connectivity index (χ3v) is 1.94. The first-order valence-corrected chi connectivity index (χ1v) is 4.21. The molecule has 6 nitrogen and oxygen atoms in total. The first-order valence-electron chi connectivity index (χ1n) is 4.21. The second-order valence-electron chi connectivity index (χ2n) is 2.95. The van der Waals surface area contributed by atoms with Crippen LogP contribution in [0.2, 0.25) is 0 Å². The molecule has 2 heterocycles. The van der Waals surface area contributed by atoms with Crippen molar-refractivity contribution in [2.45, 2.75) is 18.8 Å². The molecule has 0 radical (unpaired) electrons. The molecule has 2 unspecified atom stereocenters. The lowest BCUT2D eigenvalue weighted by atomic mass is 10.3. The number of hydrogen-bond acceptors (Lipinski definition) is 5. The van der Waals surface area contributed by atoms with E-state index in [1.165, 1.54) is 0 Å². The van der Waals surface area contributed by atoms with Gasteiger partial charge in [0.1, 0.15) is 6.23 Å². The molecule has 13 heavy (non-hydrogen) atoms. The molecule has 6 heteroatoms. The molecule has 2 N–H and O–H groups in total. The number of aliphatic hydroxyl groups is 1. The monoisotopic (exact) mass is 184 g/mol. The van der Waals surface area contributed by atoms with Crippen molar-refractivity contribution in [3.63, 3.8) is 0 Å². The van der Waals surface area contributed by atoms with Gasteiger partial charge in [-0.25, -0.2) is 0 Å². The normalized spacial score (nSPS) is 28.1. The molecular formula is C7H12N4O2. The summed E-state index contributed by atoms with van der Waals surface area (Å²) in [5, 5.41) is 19.8. The van der Waals surface area contributed by atoms with Crippen molar-refractivity contribution in [2.75, 3.05) is 13.2 Å². The number of hydrogen-bond donors (Lipinski definition) is 2. The molecule has 2 rings (SSSR count). The Labute approximate surface area is 75.5 Å². The third-order valence-electron chi connectivity index (χ3n) is 1.94. The molecule has 1 aliphatic heterocycles. The smallest absolute Gasteiger partial charge is 0.131 e. The van der Waals surface area contributed by atoms with Gasteiger partial charge < -0.3 is 9.84 Å². The van der Waals surface area contributed by atoms with Crippen LogP contribution in [0.5, 0.6) is 0 Å². The van der Waals surface area contributed by atoms with E-state index < -0.39 is 0 Å². The summed E-state index contributed by atoms with van der Waals surface area (Å²) in [6.45, 7) is 1.26.